The number of halogens is 1. The summed E-state index contributed by atoms with van der Waals surface area (Å²) >= 11 is 0. The number of methoxy groups -OCH3 is 1. The Morgan fingerprint density at radius 2 is 2.00 bits per heavy atom. The lowest BCUT2D eigenvalue weighted by molar-refractivity contribution is 0.0949. The van der Waals surface area contributed by atoms with Crippen LogP contribution in [0.5, 0.6) is 5.75 Å². The Hall–Kier alpha value is -3.15. The topological polar surface area (TPSA) is 54.5 Å². The van der Waals surface area contributed by atoms with Gasteiger partial charge in [0.25, 0.3) is 5.91 Å². The minimum Gasteiger partial charge on any atom is -0.497 e. The van der Waals surface area contributed by atoms with Gasteiger partial charge in [0.05, 0.1) is 12.6 Å². The van der Waals surface area contributed by atoms with Gasteiger partial charge in [0.1, 0.15) is 11.6 Å². The second-order valence-electron chi connectivity index (χ2n) is 5.88. The number of hydrogen-bond acceptors (Lipinski definition) is 4. The van der Waals surface area contributed by atoms with Crippen LogP contribution in [0.15, 0.2) is 48.5 Å². The van der Waals surface area contributed by atoms with E-state index in [1.807, 2.05) is 18.2 Å². The van der Waals surface area contributed by atoms with Crippen molar-refractivity contribution >= 4 is 22.6 Å². The standard InChI is InChI=1S/C19H16FN3O2/c1-25-16-7-4-13-10-14-8-9-23(18(14)21-17(13)11-16)22-19(24)12-2-5-15(20)6-3-12/h2-7,10-11H,8-9H2,1H3,(H,22,24). The molecular formula is C19H16FN3O2. The molecule has 0 atom stereocenters. The molecule has 0 fully saturated rings. The lowest BCUT2D eigenvalue weighted by Crippen LogP contribution is -2.41. The van der Waals surface area contributed by atoms with Gasteiger partial charge in [-0.3, -0.25) is 15.2 Å². The minimum atomic E-state index is -0.370. The molecule has 1 aliphatic rings. The molecule has 0 radical (unpaired) electrons. The van der Waals surface area contributed by atoms with Gasteiger partial charge in [-0.25, -0.2) is 9.37 Å². The number of carbonyl (C=O) groups is 1. The maximum atomic E-state index is 13.0. The summed E-state index contributed by atoms with van der Waals surface area (Å²) in [6.07, 6.45) is 0.800. The third-order valence-electron chi connectivity index (χ3n) is 4.28. The zero-order valence-electron chi connectivity index (χ0n) is 13.6. The van der Waals surface area contributed by atoms with Crippen LogP contribution in [0.4, 0.5) is 10.2 Å². The zero-order chi connectivity index (χ0) is 17.4. The number of carbonyl (C=O) groups excluding carboxylic acids is 1. The fourth-order valence-electron chi connectivity index (χ4n) is 2.96. The number of hydrogen-bond donors (Lipinski definition) is 1. The summed E-state index contributed by atoms with van der Waals surface area (Å²) in [6, 6.07) is 13.3. The number of aromatic nitrogens is 1. The van der Waals surface area contributed by atoms with Gasteiger partial charge < -0.3 is 4.74 Å². The van der Waals surface area contributed by atoms with E-state index >= 15 is 0 Å². The lowest BCUT2D eigenvalue weighted by Gasteiger charge is -2.19. The molecule has 0 unspecified atom stereocenters. The van der Waals surface area contributed by atoms with Crippen LogP contribution in [-0.4, -0.2) is 24.5 Å². The number of fused-ring (bicyclic) bond motifs is 2. The molecule has 1 aromatic heterocycles. The number of nitrogens with one attached hydrogen (secondary N) is 1. The second kappa shape index (κ2) is 6.05. The van der Waals surface area contributed by atoms with Crippen LogP contribution in [0.25, 0.3) is 10.9 Å². The van der Waals surface area contributed by atoms with Crippen molar-refractivity contribution in [1.29, 1.82) is 0 Å². The number of pyridine rings is 1. The molecule has 2 aromatic carbocycles. The molecule has 0 saturated carbocycles. The summed E-state index contributed by atoms with van der Waals surface area (Å²) < 4.78 is 18.2. The zero-order valence-corrected chi connectivity index (χ0v) is 13.6. The van der Waals surface area contributed by atoms with Crippen LogP contribution in [0.2, 0.25) is 0 Å². The van der Waals surface area contributed by atoms with Crippen LogP contribution in [-0.2, 0) is 6.42 Å². The van der Waals surface area contributed by atoms with Gasteiger partial charge >= 0.3 is 0 Å². The van der Waals surface area contributed by atoms with Crippen LogP contribution in [0.3, 0.4) is 0 Å². The average Bonchev–Trinajstić information content (AvgIpc) is 3.01. The van der Waals surface area contributed by atoms with Crippen molar-refractivity contribution in [2.45, 2.75) is 6.42 Å². The fourth-order valence-corrected chi connectivity index (χ4v) is 2.96. The lowest BCUT2D eigenvalue weighted by atomic mass is 10.1. The molecule has 4 rings (SSSR count). The van der Waals surface area contributed by atoms with Crippen molar-refractivity contribution in [3.63, 3.8) is 0 Å². The number of benzene rings is 2. The van der Waals surface area contributed by atoms with E-state index in [9.17, 15) is 9.18 Å². The molecule has 0 bridgehead atoms. The van der Waals surface area contributed by atoms with Gasteiger partial charge in [-0.05, 0) is 54.4 Å². The Morgan fingerprint density at radius 1 is 1.20 bits per heavy atom. The first kappa shape index (κ1) is 15.4. The summed E-state index contributed by atoms with van der Waals surface area (Å²) in [5.74, 6) is 0.807. The first-order chi connectivity index (χ1) is 12.1. The number of rotatable bonds is 3. The highest BCUT2D eigenvalue weighted by Crippen LogP contribution is 2.29. The molecule has 0 spiro atoms. The van der Waals surface area contributed by atoms with E-state index in [0.29, 0.717) is 12.1 Å². The maximum absolute atomic E-state index is 13.0. The Morgan fingerprint density at radius 3 is 2.76 bits per heavy atom. The first-order valence-electron chi connectivity index (χ1n) is 7.96. The molecule has 3 aromatic rings. The SMILES string of the molecule is COc1ccc2cc3c(nc2c1)N(NC(=O)c1ccc(F)cc1)CC3. The highest BCUT2D eigenvalue weighted by atomic mass is 19.1. The third kappa shape index (κ3) is 2.87. The number of amides is 1. The predicted molar refractivity (Wildman–Crippen MR) is 93.2 cm³/mol. The van der Waals surface area contributed by atoms with E-state index in [1.54, 1.807) is 12.1 Å². The molecular weight excluding hydrogens is 321 g/mol. The summed E-state index contributed by atoms with van der Waals surface area (Å²) in [6.45, 7) is 0.642. The minimum absolute atomic E-state index is 0.291. The van der Waals surface area contributed by atoms with E-state index in [4.69, 9.17) is 4.74 Å². The van der Waals surface area contributed by atoms with Gasteiger partial charge in [0.2, 0.25) is 0 Å². The molecule has 126 valence electrons. The quantitative estimate of drug-likeness (QED) is 0.798. The summed E-state index contributed by atoms with van der Waals surface area (Å²) in [5, 5.41) is 2.77. The monoisotopic (exact) mass is 337 g/mol. The maximum Gasteiger partial charge on any atom is 0.269 e. The molecule has 25 heavy (non-hydrogen) atoms. The van der Waals surface area contributed by atoms with Crippen LogP contribution >= 0.6 is 0 Å². The first-order valence-corrected chi connectivity index (χ1v) is 7.96. The average molecular weight is 337 g/mol. The molecule has 1 amide bonds. The van der Waals surface area contributed by atoms with Crippen molar-refractivity contribution in [3.8, 4) is 5.75 Å². The molecule has 0 aliphatic carbocycles. The van der Waals surface area contributed by atoms with E-state index in [-0.39, 0.29) is 11.7 Å². The summed E-state index contributed by atoms with van der Waals surface area (Å²) in [5.41, 5.74) is 5.13. The number of anilines is 1. The summed E-state index contributed by atoms with van der Waals surface area (Å²) in [7, 11) is 1.61. The van der Waals surface area contributed by atoms with Gasteiger partial charge in [0.15, 0.2) is 5.82 Å². The van der Waals surface area contributed by atoms with Crippen molar-refractivity contribution in [2.75, 3.05) is 18.7 Å². The van der Waals surface area contributed by atoms with Gasteiger partial charge in [0, 0.05) is 23.6 Å². The normalized spacial score (nSPS) is 13.0. The van der Waals surface area contributed by atoms with Gasteiger partial charge in [-0.2, -0.15) is 0 Å². The Balaban J connectivity index is 1.63. The molecule has 5 nitrogen and oxygen atoms in total. The van der Waals surface area contributed by atoms with Crippen LogP contribution in [0, 0.1) is 5.82 Å². The van der Waals surface area contributed by atoms with Crippen molar-refractivity contribution in [2.24, 2.45) is 0 Å². The van der Waals surface area contributed by atoms with E-state index < -0.39 is 0 Å². The molecule has 2 heterocycles. The van der Waals surface area contributed by atoms with E-state index in [2.05, 4.69) is 16.5 Å². The van der Waals surface area contributed by atoms with Crippen molar-refractivity contribution in [1.82, 2.24) is 10.4 Å². The smallest absolute Gasteiger partial charge is 0.269 e. The highest BCUT2D eigenvalue weighted by molar-refractivity contribution is 5.95. The molecule has 1 aliphatic heterocycles. The fraction of sp³-hybridized carbons (Fsp3) is 0.158. The third-order valence-corrected chi connectivity index (χ3v) is 4.28. The number of nitrogens with zero attached hydrogens (tertiary/aromatic N) is 2. The van der Waals surface area contributed by atoms with E-state index in [1.165, 1.54) is 24.3 Å². The highest BCUT2D eigenvalue weighted by Gasteiger charge is 2.23. The Kier molecular flexibility index (Phi) is 3.72. The number of hydrazine groups is 1. The molecule has 0 saturated heterocycles. The van der Waals surface area contributed by atoms with Gasteiger partial charge in [-0.15, -0.1) is 0 Å². The largest absolute Gasteiger partial charge is 0.497 e. The second-order valence-corrected chi connectivity index (χ2v) is 5.88. The van der Waals surface area contributed by atoms with Crippen LogP contribution in [0.1, 0.15) is 15.9 Å². The Bertz CT molecular complexity index is 957. The molecule has 1 N–H and O–H groups in total. The van der Waals surface area contributed by atoms with Gasteiger partial charge in [-0.1, -0.05) is 0 Å². The summed E-state index contributed by atoms with van der Waals surface area (Å²) in [4.78, 5) is 17.0. The van der Waals surface area contributed by atoms with Crippen molar-refractivity contribution < 1.29 is 13.9 Å². The predicted octanol–water partition coefficient (Wildman–Crippen LogP) is 3.09. The van der Waals surface area contributed by atoms with Crippen molar-refractivity contribution in [3.05, 3.63) is 65.5 Å². The van der Waals surface area contributed by atoms with E-state index in [0.717, 1.165) is 34.5 Å². The Labute approximate surface area is 144 Å². The number of ether oxygens (including phenoxy) is 1. The van der Waals surface area contributed by atoms with Crippen LogP contribution < -0.4 is 15.2 Å². The molecule has 6 heteroatoms.